The van der Waals surface area contributed by atoms with Crippen LogP contribution in [0.15, 0.2) is 42.2 Å². The molecule has 0 aliphatic rings. The maximum Gasteiger partial charge on any atom is 0.417 e. The molecule has 0 unspecified atom stereocenters. The Bertz CT molecular complexity index is 1100. The fraction of sp³-hybridized carbons (Fsp3) is 0.286. The minimum atomic E-state index is -4.71. The van der Waals surface area contributed by atoms with E-state index in [0.29, 0.717) is 23.9 Å². The molecule has 174 valence electrons. The predicted octanol–water partition coefficient (Wildman–Crippen LogP) is 4.16. The average molecular weight is 479 g/mol. The molecule has 2 aromatic heterocycles. The number of halogens is 3. The number of amides is 2. The van der Waals surface area contributed by atoms with Gasteiger partial charge < -0.3 is 16.0 Å². The van der Waals surface area contributed by atoms with E-state index in [0.717, 1.165) is 18.6 Å². The van der Waals surface area contributed by atoms with E-state index in [1.807, 2.05) is 6.92 Å². The molecule has 8 nitrogen and oxygen atoms in total. The first-order valence-corrected chi connectivity index (χ1v) is 10.9. The van der Waals surface area contributed by atoms with Crippen molar-refractivity contribution in [2.45, 2.75) is 32.5 Å². The first-order valence-electron chi connectivity index (χ1n) is 10.0. The molecule has 0 fully saturated rings. The number of nitrogens with one attached hydrogen (secondary N) is 3. The Kier molecular flexibility index (Phi) is 7.93. The van der Waals surface area contributed by atoms with Crippen LogP contribution in [0.3, 0.4) is 0 Å². The molecular weight excluding hydrogens is 457 g/mol. The van der Waals surface area contributed by atoms with Crippen molar-refractivity contribution in [3.63, 3.8) is 0 Å². The third-order valence-corrected chi connectivity index (χ3v) is 5.21. The Morgan fingerprint density at radius 1 is 1.12 bits per heavy atom. The van der Waals surface area contributed by atoms with E-state index >= 15 is 0 Å². The average Bonchev–Trinajstić information content (AvgIpc) is 3.26. The Morgan fingerprint density at radius 3 is 2.64 bits per heavy atom. The van der Waals surface area contributed by atoms with E-state index in [4.69, 9.17) is 0 Å². The van der Waals surface area contributed by atoms with Gasteiger partial charge in [-0.25, -0.2) is 15.0 Å². The van der Waals surface area contributed by atoms with Crippen LogP contribution in [0.4, 0.5) is 24.1 Å². The third kappa shape index (κ3) is 6.72. The lowest BCUT2D eigenvalue weighted by Gasteiger charge is -2.15. The molecule has 12 heteroatoms. The van der Waals surface area contributed by atoms with Gasteiger partial charge in [-0.1, -0.05) is 19.4 Å². The molecular formula is C21H21F3N6O2S. The van der Waals surface area contributed by atoms with Gasteiger partial charge in [0.05, 0.1) is 11.1 Å². The van der Waals surface area contributed by atoms with Crippen molar-refractivity contribution >= 4 is 34.1 Å². The lowest BCUT2D eigenvalue weighted by atomic mass is 10.0. The SMILES string of the molecule is CCCCNC(=O)c1ccc(CNC(=O)c2csc(Nc3ccncn3)n2)cc1C(F)(F)F. The van der Waals surface area contributed by atoms with E-state index in [1.54, 1.807) is 12.3 Å². The van der Waals surface area contributed by atoms with Gasteiger partial charge in [0.15, 0.2) is 5.13 Å². The van der Waals surface area contributed by atoms with Crippen LogP contribution in [0, 0.1) is 0 Å². The zero-order chi connectivity index (χ0) is 23.8. The minimum absolute atomic E-state index is 0.111. The molecule has 0 atom stereocenters. The lowest BCUT2D eigenvalue weighted by Crippen LogP contribution is -2.28. The fourth-order valence-electron chi connectivity index (χ4n) is 2.79. The number of hydrogen-bond acceptors (Lipinski definition) is 7. The summed E-state index contributed by atoms with van der Waals surface area (Å²) in [6.07, 6.45) is -0.328. The van der Waals surface area contributed by atoms with Gasteiger partial charge in [0.25, 0.3) is 11.8 Å². The van der Waals surface area contributed by atoms with E-state index in [-0.39, 0.29) is 17.8 Å². The van der Waals surface area contributed by atoms with Crippen molar-refractivity contribution < 1.29 is 22.8 Å². The molecule has 0 spiro atoms. The summed E-state index contributed by atoms with van der Waals surface area (Å²) in [5.41, 5.74) is -1.18. The largest absolute Gasteiger partial charge is 0.417 e. The summed E-state index contributed by atoms with van der Waals surface area (Å²) in [5, 5.41) is 9.91. The summed E-state index contributed by atoms with van der Waals surface area (Å²) >= 11 is 1.18. The van der Waals surface area contributed by atoms with Gasteiger partial charge in [0, 0.05) is 24.7 Å². The normalized spacial score (nSPS) is 11.2. The van der Waals surface area contributed by atoms with Gasteiger partial charge >= 0.3 is 6.18 Å². The summed E-state index contributed by atoms with van der Waals surface area (Å²) in [6.45, 7) is 2.05. The van der Waals surface area contributed by atoms with Crippen LogP contribution >= 0.6 is 11.3 Å². The Balaban J connectivity index is 1.66. The summed E-state index contributed by atoms with van der Waals surface area (Å²) in [6, 6.07) is 5.01. The van der Waals surface area contributed by atoms with Crippen LogP contribution in [0.1, 0.15) is 51.7 Å². The van der Waals surface area contributed by atoms with Crippen LogP contribution < -0.4 is 16.0 Å². The van der Waals surface area contributed by atoms with Gasteiger partial charge in [-0.05, 0) is 30.2 Å². The minimum Gasteiger partial charge on any atom is -0.352 e. The van der Waals surface area contributed by atoms with Gasteiger partial charge in [0.1, 0.15) is 17.8 Å². The molecule has 0 radical (unpaired) electrons. The van der Waals surface area contributed by atoms with Crippen LogP contribution in [0.5, 0.6) is 0 Å². The highest BCUT2D eigenvalue weighted by Gasteiger charge is 2.35. The van der Waals surface area contributed by atoms with E-state index in [9.17, 15) is 22.8 Å². The highest BCUT2D eigenvalue weighted by Crippen LogP contribution is 2.33. The number of carbonyl (C=O) groups excluding carboxylic acids is 2. The number of nitrogens with zero attached hydrogens (tertiary/aromatic N) is 3. The standard InChI is InChI=1S/C21H21F3N6O2S/c1-2-3-7-26-18(31)14-5-4-13(9-15(14)21(22,23)24)10-27-19(32)16-11-33-20(29-16)30-17-6-8-25-12-28-17/h4-6,8-9,11-12H,2-3,7,10H2,1H3,(H,26,31)(H,27,32)(H,25,28,29,30). The van der Waals surface area contributed by atoms with Crippen molar-refractivity contribution in [2.24, 2.45) is 0 Å². The second-order valence-corrected chi connectivity index (χ2v) is 7.79. The van der Waals surface area contributed by atoms with Gasteiger partial charge in [-0.15, -0.1) is 11.3 Å². The molecule has 3 rings (SSSR count). The zero-order valence-corrected chi connectivity index (χ0v) is 18.4. The molecule has 2 heterocycles. The maximum atomic E-state index is 13.5. The lowest BCUT2D eigenvalue weighted by molar-refractivity contribution is -0.138. The van der Waals surface area contributed by atoms with Crippen molar-refractivity contribution in [1.29, 1.82) is 0 Å². The monoisotopic (exact) mass is 478 g/mol. The van der Waals surface area contributed by atoms with Gasteiger partial charge in [0.2, 0.25) is 0 Å². The maximum absolute atomic E-state index is 13.5. The predicted molar refractivity (Wildman–Crippen MR) is 117 cm³/mol. The number of thiazole rings is 1. The van der Waals surface area contributed by atoms with Crippen LogP contribution in [0.2, 0.25) is 0 Å². The highest BCUT2D eigenvalue weighted by atomic mass is 32.1. The second-order valence-electron chi connectivity index (χ2n) is 6.93. The molecule has 0 aliphatic carbocycles. The van der Waals surface area contributed by atoms with Crippen LogP contribution in [0.25, 0.3) is 0 Å². The van der Waals surface area contributed by atoms with Crippen molar-refractivity contribution in [3.05, 3.63) is 64.6 Å². The number of rotatable bonds is 9. The summed E-state index contributed by atoms with van der Waals surface area (Å²) < 4.78 is 40.6. The summed E-state index contributed by atoms with van der Waals surface area (Å²) in [7, 11) is 0. The number of anilines is 2. The smallest absolute Gasteiger partial charge is 0.352 e. The zero-order valence-electron chi connectivity index (χ0n) is 17.6. The van der Waals surface area contributed by atoms with Gasteiger partial charge in [-0.3, -0.25) is 9.59 Å². The molecule has 3 N–H and O–H groups in total. The number of hydrogen-bond donors (Lipinski definition) is 3. The van der Waals surface area contributed by atoms with Crippen molar-refractivity contribution in [3.8, 4) is 0 Å². The first kappa shape index (κ1) is 24.1. The number of unbranched alkanes of at least 4 members (excludes halogenated alkanes) is 1. The van der Waals surface area contributed by atoms with E-state index in [2.05, 4.69) is 30.9 Å². The number of benzene rings is 1. The molecule has 0 saturated heterocycles. The van der Waals surface area contributed by atoms with Gasteiger partial charge in [-0.2, -0.15) is 13.2 Å². The van der Waals surface area contributed by atoms with Crippen molar-refractivity contribution in [1.82, 2.24) is 25.6 Å². The fourth-order valence-corrected chi connectivity index (χ4v) is 3.49. The van der Waals surface area contributed by atoms with E-state index in [1.165, 1.54) is 29.1 Å². The Morgan fingerprint density at radius 2 is 1.94 bits per heavy atom. The van der Waals surface area contributed by atoms with Crippen molar-refractivity contribution in [2.75, 3.05) is 11.9 Å². The molecule has 0 saturated carbocycles. The molecule has 1 aromatic carbocycles. The summed E-state index contributed by atoms with van der Waals surface area (Å²) in [4.78, 5) is 36.5. The highest BCUT2D eigenvalue weighted by molar-refractivity contribution is 7.14. The number of aromatic nitrogens is 3. The number of carbonyl (C=O) groups is 2. The molecule has 0 bridgehead atoms. The van der Waals surface area contributed by atoms with Crippen LogP contribution in [-0.4, -0.2) is 33.3 Å². The second kappa shape index (κ2) is 10.9. The van der Waals surface area contributed by atoms with Crippen LogP contribution in [-0.2, 0) is 12.7 Å². The molecule has 0 aliphatic heterocycles. The molecule has 3 aromatic rings. The Hall–Kier alpha value is -3.54. The first-order chi connectivity index (χ1) is 15.8. The topological polar surface area (TPSA) is 109 Å². The number of alkyl halides is 3. The third-order valence-electron chi connectivity index (χ3n) is 4.46. The van der Waals surface area contributed by atoms with E-state index < -0.39 is 29.1 Å². The molecule has 33 heavy (non-hydrogen) atoms. The quantitative estimate of drug-likeness (QED) is 0.399. The Labute approximate surface area is 191 Å². The summed E-state index contributed by atoms with van der Waals surface area (Å²) in [5.74, 6) is -0.820. The molecule has 2 amide bonds.